The van der Waals surface area contributed by atoms with E-state index in [9.17, 15) is 10.1 Å². The number of benzene rings is 1. The van der Waals surface area contributed by atoms with E-state index >= 15 is 0 Å². The number of nitrogens with zero attached hydrogens (tertiary/aromatic N) is 2. The summed E-state index contributed by atoms with van der Waals surface area (Å²) in [6.07, 6.45) is 1.44. The van der Waals surface area contributed by atoms with Crippen molar-refractivity contribution in [1.29, 1.82) is 5.26 Å². The summed E-state index contributed by atoms with van der Waals surface area (Å²) in [6.45, 7) is 0. The number of rotatable bonds is 2. The van der Waals surface area contributed by atoms with Gasteiger partial charge in [-0.3, -0.25) is 10.1 Å². The van der Waals surface area contributed by atoms with Crippen molar-refractivity contribution < 1.29 is 4.92 Å². The number of halogens is 1. The van der Waals surface area contributed by atoms with E-state index in [1.807, 2.05) is 0 Å². The Labute approximate surface area is 85.2 Å². The molecule has 70 valence electrons. The zero-order valence-electron chi connectivity index (χ0n) is 6.98. The van der Waals surface area contributed by atoms with E-state index in [0.29, 0.717) is 5.56 Å². The van der Waals surface area contributed by atoms with Gasteiger partial charge in [-0.1, -0.05) is 11.6 Å². The third kappa shape index (κ3) is 2.57. The molecular weight excluding hydrogens is 204 g/mol. The molecule has 0 fully saturated rings. The zero-order valence-corrected chi connectivity index (χ0v) is 7.73. The smallest absolute Gasteiger partial charge is 0.258 e. The third-order valence-electron chi connectivity index (χ3n) is 1.50. The highest BCUT2D eigenvalue weighted by Gasteiger charge is 2.02. The minimum Gasteiger partial charge on any atom is -0.258 e. The molecule has 5 heteroatoms. The topological polar surface area (TPSA) is 66.9 Å². The Kier molecular flexibility index (Phi) is 3.21. The Morgan fingerprint density at radius 2 is 2.07 bits per heavy atom. The van der Waals surface area contributed by atoms with Gasteiger partial charge in [0.1, 0.15) is 11.1 Å². The predicted octanol–water partition coefficient (Wildman–Crippen LogP) is 2.70. The van der Waals surface area contributed by atoms with Gasteiger partial charge in [-0.2, -0.15) is 5.26 Å². The van der Waals surface area contributed by atoms with Crippen molar-refractivity contribution in [3.05, 3.63) is 45.0 Å². The quantitative estimate of drug-likeness (QED) is 0.426. The summed E-state index contributed by atoms with van der Waals surface area (Å²) < 4.78 is 0. The van der Waals surface area contributed by atoms with Crippen molar-refractivity contribution in [3.8, 4) is 6.07 Å². The van der Waals surface area contributed by atoms with Gasteiger partial charge in [-0.15, -0.1) is 0 Å². The molecule has 0 saturated heterocycles. The maximum absolute atomic E-state index is 10.3. The SMILES string of the molecule is N#CC(Cl)=Cc1ccc([N+](=O)[O-])cc1. The summed E-state index contributed by atoms with van der Waals surface area (Å²) in [5.74, 6) is 0. The summed E-state index contributed by atoms with van der Waals surface area (Å²) in [5, 5.41) is 18.7. The Morgan fingerprint density at radius 3 is 2.50 bits per heavy atom. The van der Waals surface area contributed by atoms with Crippen molar-refractivity contribution in [2.45, 2.75) is 0 Å². The first-order chi connectivity index (χ1) is 6.63. The molecule has 4 nitrogen and oxygen atoms in total. The Balaban J connectivity index is 2.96. The number of hydrogen-bond donors (Lipinski definition) is 0. The van der Waals surface area contributed by atoms with Crippen LogP contribution in [0.25, 0.3) is 6.08 Å². The molecule has 0 spiro atoms. The second-order valence-corrected chi connectivity index (χ2v) is 2.86. The normalized spacial score (nSPS) is 10.7. The van der Waals surface area contributed by atoms with Crippen LogP contribution in [-0.4, -0.2) is 4.92 Å². The van der Waals surface area contributed by atoms with Gasteiger partial charge < -0.3 is 0 Å². The molecule has 0 amide bonds. The molecule has 0 atom stereocenters. The van der Waals surface area contributed by atoms with Gasteiger partial charge in [0.05, 0.1) is 4.92 Å². The molecule has 0 saturated carbocycles. The molecule has 0 unspecified atom stereocenters. The van der Waals surface area contributed by atoms with E-state index in [4.69, 9.17) is 16.9 Å². The highest BCUT2D eigenvalue weighted by Crippen LogP contribution is 2.15. The van der Waals surface area contributed by atoms with E-state index in [1.54, 1.807) is 6.07 Å². The highest BCUT2D eigenvalue weighted by molar-refractivity contribution is 6.33. The highest BCUT2D eigenvalue weighted by atomic mass is 35.5. The summed E-state index contributed by atoms with van der Waals surface area (Å²) in [5.41, 5.74) is 0.664. The van der Waals surface area contributed by atoms with Crippen LogP contribution >= 0.6 is 11.6 Å². The Hall–Kier alpha value is -1.86. The molecule has 0 aromatic heterocycles. The molecule has 0 aliphatic rings. The van der Waals surface area contributed by atoms with E-state index in [1.165, 1.54) is 30.3 Å². The fraction of sp³-hybridized carbons (Fsp3) is 0. The van der Waals surface area contributed by atoms with Gasteiger partial charge in [0.2, 0.25) is 0 Å². The fourth-order valence-electron chi connectivity index (χ4n) is 0.871. The molecule has 14 heavy (non-hydrogen) atoms. The van der Waals surface area contributed by atoms with Gasteiger partial charge >= 0.3 is 0 Å². The predicted molar refractivity (Wildman–Crippen MR) is 52.5 cm³/mol. The zero-order chi connectivity index (χ0) is 10.6. The number of nitro benzene ring substituents is 1. The fourth-order valence-corrected chi connectivity index (χ4v) is 0.997. The second-order valence-electron chi connectivity index (χ2n) is 2.45. The molecule has 0 heterocycles. The second kappa shape index (κ2) is 4.40. The molecule has 1 aromatic rings. The van der Waals surface area contributed by atoms with Crippen LogP contribution in [0.3, 0.4) is 0 Å². The number of allylic oxidation sites excluding steroid dienone is 1. The van der Waals surface area contributed by atoms with Crippen LogP contribution in [0.15, 0.2) is 29.3 Å². The van der Waals surface area contributed by atoms with Crippen molar-refractivity contribution in [1.82, 2.24) is 0 Å². The van der Waals surface area contributed by atoms with Crippen LogP contribution in [0.1, 0.15) is 5.56 Å². The van der Waals surface area contributed by atoms with E-state index < -0.39 is 4.92 Å². The van der Waals surface area contributed by atoms with Crippen molar-refractivity contribution in [2.24, 2.45) is 0 Å². The van der Waals surface area contributed by atoms with Crippen LogP contribution in [0.2, 0.25) is 0 Å². The monoisotopic (exact) mass is 208 g/mol. The average molecular weight is 209 g/mol. The van der Waals surface area contributed by atoms with Crippen molar-refractivity contribution >= 4 is 23.4 Å². The first-order valence-electron chi connectivity index (χ1n) is 3.65. The minimum absolute atomic E-state index is 0.00947. The first-order valence-corrected chi connectivity index (χ1v) is 4.03. The number of nitro groups is 1. The van der Waals surface area contributed by atoms with E-state index in [2.05, 4.69) is 0 Å². The summed E-state index contributed by atoms with van der Waals surface area (Å²) in [6, 6.07) is 7.50. The van der Waals surface area contributed by atoms with Gasteiger partial charge in [0.15, 0.2) is 0 Å². The van der Waals surface area contributed by atoms with Crippen LogP contribution in [0, 0.1) is 21.4 Å². The van der Waals surface area contributed by atoms with Crippen LogP contribution in [0.4, 0.5) is 5.69 Å². The summed E-state index contributed by atoms with van der Waals surface area (Å²) in [4.78, 5) is 9.82. The maximum Gasteiger partial charge on any atom is 0.269 e. The van der Waals surface area contributed by atoms with Crippen LogP contribution in [0.5, 0.6) is 0 Å². The molecule has 1 aromatic carbocycles. The van der Waals surface area contributed by atoms with E-state index in [-0.39, 0.29) is 10.7 Å². The van der Waals surface area contributed by atoms with Gasteiger partial charge in [-0.05, 0) is 23.8 Å². The summed E-state index contributed by atoms with van der Waals surface area (Å²) >= 11 is 5.47. The number of non-ortho nitro benzene ring substituents is 1. The molecule has 0 bridgehead atoms. The Morgan fingerprint density at radius 1 is 1.50 bits per heavy atom. The van der Waals surface area contributed by atoms with Gasteiger partial charge in [0, 0.05) is 12.1 Å². The molecule has 0 aliphatic carbocycles. The third-order valence-corrected chi connectivity index (χ3v) is 1.70. The largest absolute Gasteiger partial charge is 0.269 e. The lowest BCUT2D eigenvalue weighted by atomic mass is 10.2. The Bertz CT molecular complexity index is 417. The lowest BCUT2D eigenvalue weighted by molar-refractivity contribution is -0.384. The van der Waals surface area contributed by atoms with E-state index in [0.717, 1.165) is 0 Å². The summed E-state index contributed by atoms with van der Waals surface area (Å²) in [7, 11) is 0. The van der Waals surface area contributed by atoms with Crippen molar-refractivity contribution in [2.75, 3.05) is 0 Å². The maximum atomic E-state index is 10.3. The van der Waals surface area contributed by atoms with Gasteiger partial charge in [-0.25, -0.2) is 0 Å². The molecule has 0 radical (unpaired) electrons. The van der Waals surface area contributed by atoms with Gasteiger partial charge in [0.25, 0.3) is 5.69 Å². The molecular formula is C9H5ClN2O2. The number of nitriles is 1. The lowest BCUT2D eigenvalue weighted by Gasteiger charge is -1.92. The molecule has 1 rings (SSSR count). The first kappa shape index (κ1) is 10.2. The molecule has 0 aliphatic heterocycles. The average Bonchev–Trinajstić information content (AvgIpc) is 2.18. The standard InChI is InChI=1S/C9H5ClN2O2/c10-8(6-11)5-7-1-3-9(4-2-7)12(13)14/h1-5H. The van der Waals surface area contributed by atoms with Crippen molar-refractivity contribution in [3.63, 3.8) is 0 Å². The van der Waals surface area contributed by atoms with Crippen LogP contribution < -0.4 is 0 Å². The molecule has 0 N–H and O–H groups in total. The number of hydrogen-bond acceptors (Lipinski definition) is 3. The van der Waals surface area contributed by atoms with Crippen LogP contribution in [-0.2, 0) is 0 Å². The lowest BCUT2D eigenvalue weighted by Crippen LogP contribution is -1.86. The minimum atomic E-state index is -0.487.